The number of carbonyl (C=O) groups is 1. The summed E-state index contributed by atoms with van der Waals surface area (Å²) in [6.07, 6.45) is 0.858. The normalized spacial score (nSPS) is 18.1. The molecule has 17 heavy (non-hydrogen) atoms. The van der Waals surface area contributed by atoms with E-state index >= 15 is 0 Å². The lowest BCUT2D eigenvalue weighted by molar-refractivity contribution is -0.137. The Balaban J connectivity index is 2.03. The van der Waals surface area contributed by atoms with Crippen LogP contribution in [0.1, 0.15) is 12.8 Å². The summed E-state index contributed by atoms with van der Waals surface area (Å²) in [5.74, 6) is 0.982. The topological polar surface area (TPSA) is 58.6 Å². The Labute approximate surface area is 104 Å². The molecule has 5 heteroatoms. The fourth-order valence-corrected chi connectivity index (χ4v) is 2.85. The Bertz CT molecular complexity index is 422. The Hall–Kier alpha value is -1.36. The second-order valence-electron chi connectivity index (χ2n) is 3.95. The number of thioether (sulfide) groups is 1. The average Bonchev–Trinajstić information content (AvgIpc) is 2.35. The van der Waals surface area contributed by atoms with E-state index in [1.807, 2.05) is 18.2 Å². The maximum Gasteiger partial charge on any atom is 0.303 e. The molecule has 2 N–H and O–H groups in total. The predicted octanol–water partition coefficient (Wildman–Crippen LogP) is 2.45. The van der Waals surface area contributed by atoms with Gasteiger partial charge in [0.2, 0.25) is 0 Å². The first kappa shape index (κ1) is 12.1. The number of hydrogen-bond acceptors (Lipinski definition) is 4. The van der Waals surface area contributed by atoms with Crippen molar-refractivity contribution in [2.75, 3.05) is 18.2 Å². The molecule has 0 fully saturated rings. The third-order valence-electron chi connectivity index (χ3n) is 2.69. The summed E-state index contributed by atoms with van der Waals surface area (Å²) in [6.45, 7) is 0. The highest BCUT2D eigenvalue weighted by atomic mass is 32.2. The van der Waals surface area contributed by atoms with Gasteiger partial charge in [0.1, 0.15) is 5.75 Å². The first-order valence-electron chi connectivity index (χ1n) is 5.48. The summed E-state index contributed by atoms with van der Waals surface area (Å²) in [5.41, 5.74) is 1.04. The summed E-state index contributed by atoms with van der Waals surface area (Å²) in [7, 11) is 1.64. The number of rotatable bonds is 4. The van der Waals surface area contributed by atoms with Crippen LogP contribution in [-0.2, 0) is 4.79 Å². The fourth-order valence-electron chi connectivity index (χ4n) is 1.78. The van der Waals surface area contributed by atoms with E-state index in [2.05, 4.69) is 5.32 Å². The third-order valence-corrected chi connectivity index (χ3v) is 3.93. The second kappa shape index (κ2) is 5.31. The highest BCUT2D eigenvalue weighted by Crippen LogP contribution is 2.36. The van der Waals surface area contributed by atoms with Crippen LogP contribution >= 0.6 is 11.8 Å². The average molecular weight is 253 g/mol. The van der Waals surface area contributed by atoms with Gasteiger partial charge in [-0.05, 0) is 18.6 Å². The first-order chi connectivity index (χ1) is 8.19. The fraction of sp³-hybridized carbons (Fsp3) is 0.417. The molecule has 0 spiro atoms. The van der Waals surface area contributed by atoms with Gasteiger partial charge in [-0.3, -0.25) is 4.79 Å². The van der Waals surface area contributed by atoms with Crippen LogP contribution in [0.25, 0.3) is 0 Å². The molecule has 1 aromatic carbocycles. The SMILES string of the molecule is COc1ccc2c(c1)NC(CCC(=O)O)CS2. The van der Waals surface area contributed by atoms with Crippen molar-refractivity contribution in [1.29, 1.82) is 0 Å². The minimum atomic E-state index is -0.742. The van der Waals surface area contributed by atoms with Crippen molar-refractivity contribution >= 4 is 23.4 Å². The second-order valence-corrected chi connectivity index (χ2v) is 5.01. The molecule has 1 aromatic rings. The van der Waals surface area contributed by atoms with E-state index in [0.717, 1.165) is 17.2 Å². The molecule has 0 saturated carbocycles. The molecule has 0 radical (unpaired) electrons. The molecule has 0 aliphatic carbocycles. The molecule has 0 saturated heterocycles. The van der Waals surface area contributed by atoms with Gasteiger partial charge in [0, 0.05) is 29.2 Å². The molecule has 2 rings (SSSR count). The molecule has 1 aliphatic rings. The van der Waals surface area contributed by atoms with Crippen LogP contribution in [0.3, 0.4) is 0 Å². The molecule has 0 amide bonds. The molecule has 0 bridgehead atoms. The number of anilines is 1. The van der Waals surface area contributed by atoms with Gasteiger partial charge in [0.25, 0.3) is 0 Å². The van der Waals surface area contributed by atoms with Crippen molar-refractivity contribution in [1.82, 2.24) is 0 Å². The van der Waals surface area contributed by atoms with Crippen molar-refractivity contribution in [3.05, 3.63) is 18.2 Å². The van der Waals surface area contributed by atoms with Crippen LogP contribution < -0.4 is 10.1 Å². The lowest BCUT2D eigenvalue weighted by Crippen LogP contribution is -2.26. The number of aliphatic carboxylic acids is 1. The molecule has 1 atom stereocenters. The van der Waals surface area contributed by atoms with Crippen LogP contribution in [0, 0.1) is 0 Å². The smallest absolute Gasteiger partial charge is 0.303 e. The zero-order chi connectivity index (χ0) is 12.3. The number of carboxylic acids is 1. The maximum atomic E-state index is 10.5. The van der Waals surface area contributed by atoms with Crippen molar-refractivity contribution in [2.24, 2.45) is 0 Å². The zero-order valence-corrected chi connectivity index (χ0v) is 10.4. The van der Waals surface area contributed by atoms with E-state index < -0.39 is 5.97 Å². The lowest BCUT2D eigenvalue weighted by Gasteiger charge is -2.26. The molecule has 1 unspecified atom stereocenters. The van der Waals surface area contributed by atoms with Crippen molar-refractivity contribution in [3.63, 3.8) is 0 Å². The molecule has 0 aromatic heterocycles. The van der Waals surface area contributed by atoms with Crippen molar-refractivity contribution < 1.29 is 14.6 Å². The minimum Gasteiger partial charge on any atom is -0.497 e. The molecular formula is C12H15NO3S. The lowest BCUT2D eigenvalue weighted by atomic mass is 10.1. The summed E-state index contributed by atoms with van der Waals surface area (Å²) in [6, 6.07) is 6.13. The Morgan fingerprint density at radius 2 is 2.47 bits per heavy atom. The number of fused-ring (bicyclic) bond motifs is 1. The van der Waals surface area contributed by atoms with E-state index in [1.54, 1.807) is 18.9 Å². The van der Waals surface area contributed by atoms with E-state index in [9.17, 15) is 4.79 Å². The standard InChI is InChI=1S/C12H15NO3S/c1-16-9-3-4-11-10(6-9)13-8(7-17-11)2-5-12(14)15/h3-4,6,8,13H,2,5,7H2,1H3,(H,14,15). The van der Waals surface area contributed by atoms with Gasteiger partial charge in [-0.1, -0.05) is 0 Å². The number of ether oxygens (including phenoxy) is 1. The van der Waals surface area contributed by atoms with Gasteiger partial charge in [-0.15, -0.1) is 11.8 Å². The van der Waals surface area contributed by atoms with Crippen LogP contribution in [0.5, 0.6) is 5.75 Å². The third kappa shape index (κ3) is 3.06. The van der Waals surface area contributed by atoms with Gasteiger partial charge < -0.3 is 15.2 Å². The van der Waals surface area contributed by atoms with Gasteiger partial charge in [-0.25, -0.2) is 0 Å². The van der Waals surface area contributed by atoms with Crippen LogP contribution in [-0.4, -0.2) is 30.0 Å². The van der Waals surface area contributed by atoms with Gasteiger partial charge >= 0.3 is 5.97 Å². The predicted molar refractivity (Wildman–Crippen MR) is 68.0 cm³/mol. The Morgan fingerprint density at radius 3 is 3.18 bits per heavy atom. The van der Waals surface area contributed by atoms with Crippen LogP contribution in [0.15, 0.2) is 23.1 Å². The molecule has 92 valence electrons. The number of benzene rings is 1. The number of carboxylic acid groups (broad SMARTS) is 1. The van der Waals surface area contributed by atoms with Crippen molar-refractivity contribution in [2.45, 2.75) is 23.8 Å². The summed E-state index contributed by atoms with van der Waals surface area (Å²) in [4.78, 5) is 11.7. The maximum absolute atomic E-state index is 10.5. The summed E-state index contributed by atoms with van der Waals surface area (Å²) >= 11 is 1.76. The Morgan fingerprint density at radius 1 is 1.65 bits per heavy atom. The quantitative estimate of drug-likeness (QED) is 0.863. The monoisotopic (exact) mass is 253 g/mol. The van der Waals surface area contributed by atoms with Gasteiger partial charge in [-0.2, -0.15) is 0 Å². The Kier molecular flexibility index (Phi) is 3.78. The van der Waals surface area contributed by atoms with E-state index in [1.165, 1.54) is 4.90 Å². The zero-order valence-electron chi connectivity index (χ0n) is 9.60. The van der Waals surface area contributed by atoms with Crippen LogP contribution in [0.4, 0.5) is 5.69 Å². The first-order valence-corrected chi connectivity index (χ1v) is 6.47. The van der Waals surface area contributed by atoms with Crippen molar-refractivity contribution in [3.8, 4) is 5.75 Å². The van der Waals surface area contributed by atoms with Gasteiger partial charge in [0.05, 0.1) is 12.8 Å². The minimum absolute atomic E-state index is 0.206. The number of hydrogen-bond donors (Lipinski definition) is 2. The van der Waals surface area contributed by atoms with E-state index in [4.69, 9.17) is 9.84 Å². The highest BCUT2D eigenvalue weighted by molar-refractivity contribution is 7.99. The highest BCUT2D eigenvalue weighted by Gasteiger charge is 2.19. The number of nitrogens with one attached hydrogen (secondary N) is 1. The molecular weight excluding hydrogens is 238 g/mol. The van der Waals surface area contributed by atoms with E-state index in [0.29, 0.717) is 6.42 Å². The largest absolute Gasteiger partial charge is 0.497 e. The number of methoxy groups -OCH3 is 1. The molecule has 4 nitrogen and oxygen atoms in total. The molecule has 1 aliphatic heterocycles. The van der Waals surface area contributed by atoms with E-state index in [-0.39, 0.29) is 12.5 Å². The van der Waals surface area contributed by atoms with Gasteiger partial charge in [0.15, 0.2) is 0 Å². The summed E-state index contributed by atoms with van der Waals surface area (Å²) in [5, 5.41) is 12.0. The molecule has 1 heterocycles. The van der Waals surface area contributed by atoms with Crippen LogP contribution in [0.2, 0.25) is 0 Å². The summed E-state index contributed by atoms with van der Waals surface area (Å²) < 4.78 is 5.17.